The number of benzene rings is 1. The first-order valence-electron chi connectivity index (χ1n) is 7.57. The van der Waals surface area contributed by atoms with E-state index in [0.717, 1.165) is 11.4 Å². The van der Waals surface area contributed by atoms with E-state index in [1.54, 1.807) is 4.68 Å². The lowest BCUT2D eigenvalue weighted by molar-refractivity contribution is 0.275. The van der Waals surface area contributed by atoms with Crippen LogP contribution in [0.4, 0.5) is 0 Å². The molecule has 0 fully saturated rings. The normalized spacial score (nSPS) is 11.0. The molecular formula is C16H23N3O3. The van der Waals surface area contributed by atoms with Gasteiger partial charge in [-0.3, -0.25) is 0 Å². The highest BCUT2D eigenvalue weighted by Gasteiger charge is 2.18. The maximum absolute atomic E-state index is 9.42. The molecular weight excluding hydrogens is 282 g/mol. The number of hydrogen-bond acceptors (Lipinski definition) is 5. The first-order chi connectivity index (χ1) is 10.6. The minimum Gasteiger partial charge on any atom is -0.490 e. The molecule has 2 aromatic rings. The van der Waals surface area contributed by atoms with Crippen molar-refractivity contribution in [1.29, 1.82) is 0 Å². The van der Waals surface area contributed by atoms with Crippen LogP contribution in [0.2, 0.25) is 0 Å². The van der Waals surface area contributed by atoms with Crippen molar-refractivity contribution in [3.63, 3.8) is 0 Å². The maximum atomic E-state index is 9.42. The van der Waals surface area contributed by atoms with Gasteiger partial charge in [0.2, 0.25) is 0 Å². The van der Waals surface area contributed by atoms with Crippen LogP contribution in [0, 0.1) is 0 Å². The summed E-state index contributed by atoms with van der Waals surface area (Å²) in [7, 11) is 0. The lowest BCUT2D eigenvalue weighted by Gasteiger charge is -2.14. The second-order valence-corrected chi connectivity index (χ2v) is 5.14. The predicted octanol–water partition coefficient (Wildman–Crippen LogP) is 2.68. The largest absolute Gasteiger partial charge is 0.490 e. The van der Waals surface area contributed by atoms with Crippen molar-refractivity contribution in [1.82, 2.24) is 15.0 Å². The second-order valence-electron chi connectivity index (χ2n) is 5.14. The highest BCUT2D eigenvalue weighted by molar-refractivity contribution is 5.49. The van der Waals surface area contributed by atoms with Crippen LogP contribution < -0.4 is 9.47 Å². The van der Waals surface area contributed by atoms with Crippen molar-refractivity contribution in [3.8, 4) is 17.2 Å². The summed E-state index contributed by atoms with van der Waals surface area (Å²) >= 11 is 0. The van der Waals surface area contributed by atoms with E-state index in [4.69, 9.17) is 9.47 Å². The van der Waals surface area contributed by atoms with Crippen LogP contribution in [0.15, 0.2) is 18.2 Å². The summed E-state index contributed by atoms with van der Waals surface area (Å²) in [5.74, 6) is 1.58. The quantitative estimate of drug-likeness (QED) is 0.851. The Kier molecular flexibility index (Phi) is 5.38. The van der Waals surface area contributed by atoms with Crippen LogP contribution in [-0.2, 0) is 6.61 Å². The number of hydrogen-bond donors (Lipinski definition) is 1. The molecule has 1 N–H and O–H groups in total. The molecule has 0 atom stereocenters. The molecule has 0 aliphatic carbocycles. The van der Waals surface area contributed by atoms with E-state index < -0.39 is 0 Å². The average Bonchev–Trinajstić information content (AvgIpc) is 2.93. The molecule has 1 aromatic heterocycles. The number of aromatic nitrogens is 3. The number of nitrogens with zero attached hydrogens (tertiary/aromatic N) is 3. The molecule has 1 aromatic carbocycles. The van der Waals surface area contributed by atoms with Crippen molar-refractivity contribution in [2.24, 2.45) is 0 Å². The Hall–Kier alpha value is -2.08. The number of rotatable bonds is 7. The molecule has 0 bridgehead atoms. The lowest BCUT2D eigenvalue weighted by atomic mass is 10.1. The van der Waals surface area contributed by atoms with Crippen molar-refractivity contribution in [3.05, 3.63) is 29.6 Å². The Morgan fingerprint density at radius 2 is 1.82 bits per heavy atom. The summed E-state index contributed by atoms with van der Waals surface area (Å²) in [6.45, 7) is 8.97. The molecule has 120 valence electrons. The van der Waals surface area contributed by atoms with Crippen LogP contribution in [0.25, 0.3) is 5.69 Å². The van der Waals surface area contributed by atoms with Gasteiger partial charge in [-0.05, 0) is 31.9 Å². The van der Waals surface area contributed by atoms with Crippen molar-refractivity contribution >= 4 is 0 Å². The third kappa shape index (κ3) is 3.22. The van der Waals surface area contributed by atoms with Gasteiger partial charge in [0.15, 0.2) is 11.5 Å². The van der Waals surface area contributed by atoms with E-state index in [1.807, 2.05) is 45.9 Å². The van der Waals surface area contributed by atoms with Crippen LogP contribution >= 0.6 is 0 Å². The monoisotopic (exact) mass is 305 g/mol. The summed E-state index contributed by atoms with van der Waals surface area (Å²) in [6.07, 6.45) is 0. The fourth-order valence-electron chi connectivity index (χ4n) is 2.37. The van der Waals surface area contributed by atoms with Crippen LogP contribution in [-0.4, -0.2) is 33.3 Å². The Morgan fingerprint density at radius 3 is 2.41 bits per heavy atom. The smallest absolute Gasteiger partial charge is 0.163 e. The van der Waals surface area contributed by atoms with Gasteiger partial charge in [0, 0.05) is 6.07 Å². The SMILES string of the molecule is CCOc1ccc(-n2nnc(CO)c2C(C)C)cc1OCC. The minimum absolute atomic E-state index is 0.122. The van der Waals surface area contributed by atoms with Gasteiger partial charge in [-0.25, -0.2) is 4.68 Å². The zero-order valence-electron chi connectivity index (χ0n) is 13.5. The predicted molar refractivity (Wildman–Crippen MR) is 83.7 cm³/mol. The molecule has 22 heavy (non-hydrogen) atoms. The summed E-state index contributed by atoms with van der Waals surface area (Å²) in [4.78, 5) is 0. The number of aliphatic hydroxyl groups excluding tert-OH is 1. The summed E-state index contributed by atoms with van der Waals surface area (Å²) in [5, 5.41) is 17.6. The number of aliphatic hydroxyl groups is 1. The third-order valence-corrected chi connectivity index (χ3v) is 3.25. The molecule has 0 saturated carbocycles. The Labute approximate surface area is 130 Å². The Morgan fingerprint density at radius 1 is 1.14 bits per heavy atom. The molecule has 0 unspecified atom stereocenters. The molecule has 6 heteroatoms. The van der Waals surface area contributed by atoms with E-state index >= 15 is 0 Å². The Balaban J connectivity index is 2.49. The average molecular weight is 305 g/mol. The van der Waals surface area contributed by atoms with Gasteiger partial charge in [-0.1, -0.05) is 19.1 Å². The third-order valence-electron chi connectivity index (χ3n) is 3.25. The highest BCUT2D eigenvalue weighted by atomic mass is 16.5. The highest BCUT2D eigenvalue weighted by Crippen LogP contribution is 2.31. The first-order valence-corrected chi connectivity index (χ1v) is 7.57. The first kappa shape index (κ1) is 16.3. The topological polar surface area (TPSA) is 69.4 Å². The molecule has 0 spiro atoms. The Bertz CT molecular complexity index is 623. The second kappa shape index (κ2) is 7.26. The van der Waals surface area contributed by atoms with Crippen LogP contribution in [0.5, 0.6) is 11.5 Å². The van der Waals surface area contributed by atoms with Crippen LogP contribution in [0.1, 0.15) is 45.0 Å². The maximum Gasteiger partial charge on any atom is 0.163 e. The van der Waals surface area contributed by atoms with Crippen molar-refractivity contribution in [2.75, 3.05) is 13.2 Å². The zero-order valence-corrected chi connectivity index (χ0v) is 13.5. The van der Waals surface area contributed by atoms with Gasteiger partial charge < -0.3 is 14.6 Å². The van der Waals surface area contributed by atoms with E-state index in [0.29, 0.717) is 30.4 Å². The van der Waals surface area contributed by atoms with E-state index in [2.05, 4.69) is 10.3 Å². The van der Waals surface area contributed by atoms with E-state index in [-0.39, 0.29) is 12.5 Å². The minimum atomic E-state index is -0.122. The fourth-order valence-corrected chi connectivity index (χ4v) is 2.37. The summed E-state index contributed by atoms with van der Waals surface area (Å²) in [5.41, 5.74) is 2.33. The van der Waals surface area contributed by atoms with Crippen LogP contribution in [0.3, 0.4) is 0 Å². The zero-order chi connectivity index (χ0) is 16.1. The van der Waals surface area contributed by atoms with Gasteiger partial charge in [0.05, 0.1) is 31.2 Å². The fraction of sp³-hybridized carbons (Fsp3) is 0.500. The molecule has 6 nitrogen and oxygen atoms in total. The molecule has 1 heterocycles. The molecule has 0 radical (unpaired) electrons. The summed E-state index contributed by atoms with van der Waals surface area (Å²) in [6, 6.07) is 5.67. The van der Waals surface area contributed by atoms with Crippen molar-refractivity contribution in [2.45, 2.75) is 40.2 Å². The standard InChI is InChI=1S/C16H23N3O3/c1-5-21-14-8-7-12(9-15(14)22-6-2)19-16(11(3)4)13(10-20)17-18-19/h7-9,11,20H,5-6,10H2,1-4H3. The van der Waals surface area contributed by atoms with Crippen molar-refractivity contribution < 1.29 is 14.6 Å². The number of ether oxygens (including phenoxy) is 2. The summed E-state index contributed by atoms with van der Waals surface area (Å²) < 4.78 is 13.0. The molecule has 0 aliphatic heterocycles. The van der Waals surface area contributed by atoms with E-state index in [9.17, 15) is 5.11 Å². The van der Waals surface area contributed by atoms with Gasteiger partial charge in [0.1, 0.15) is 5.69 Å². The molecule has 0 saturated heterocycles. The molecule has 2 rings (SSSR count). The molecule has 0 aliphatic rings. The van der Waals surface area contributed by atoms with Gasteiger partial charge in [-0.2, -0.15) is 0 Å². The van der Waals surface area contributed by atoms with Gasteiger partial charge in [0.25, 0.3) is 0 Å². The lowest BCUT2D eigenvalue weighted by Crippen LogP contribution is -2.07. The van der Waals surface area contributed by atoms with Gasteiger partial charge >= 0.3 is 0 Å². The molecule has 0 amide bonds. The van der Waals surface area contributed by atoms with Gasteiger partial charge in [-0.15, -0.1) is 5.10 Å². The van der Waals surface area contributed by atoms with E-state index in [1.165, 1.54) is 0 Å².